The molecule has 0 saturated carbocycles. The second kappa shape index (κ2) is 6.20. The van der Waals surface area contributed by atoms with Crippen molar-refractivity contribution in [2.45, 2.75) is 60.2 Å². The van der Waals surface area contributed by atoms with Crippen LogP contribution in [-0.2, 0) is 0 Å². The number of ether oxygens (including phenoxy) is 2. The lowest BCUT2D eigenvalue weighted by atomic mass is 9.86. The summed E-state index contributed by atoms with van der Waals surface area (Å²) in [7, 11) is 0. The number of carbonyl (C=O) groups is 1. The molecule has 1 aliphatic rings. The number of hydrogen-bond acceptors (Lipinski definition) is 3. The van der Waals surface area contributed by atoms with Gasteiger partial charge >= 0.3 is 0 Å². The molecule has 1 aromatic carbocycles. The smallest absolute Gasteiger partial charge is 0.163 e. The van der Waals surface area contributed by atoms with Gasteiger partial charge in [-0.1, -0.05) is 25.4 Å². The van der Waals surface area contributed by atoms with Crippen molar-refractivity contribution in [3.05, 3.63) is 28.3 Å². The second-order valence-electron chi connectivity index (χ2n) is 7.13. The molecule has 0 bridgehead atoms. The van der Waals surface area contributed by atoms with Gasteiger partial charge in [0.1, 0.15) is 10.6 Å². The number of hydrogen-bond donors (Lipinski definition) is 0. The van der Waals surface area contributed by atoms with Crippen LogP contribution in [-0.4, -0.2) is 17.5 Å². The molecule has 0 N–H and O–H groups in total. The van der Waals surface area contributed by atoms with Crippen molar-refractivity contribution in [2.24, 2.45) is 5.92 Å². The van der Waals surface area contributed by atoms with Crippen molar-refractivity contribution in [1.82, 2.24) is 0 Å². The number of halogens is 1. The van der Waals surface area contributed by atoms with E-state index in [4.69, 9.17) is 21.1 Å². The van der Waals surface area contributed by atoms with Gasteiger partial charge in [0.25, 0.3) is 0 Å². The molecule has 0 spiro atoms. The van der Waals surface area contributed by atoms with Gasteiger partial charge in [-0.05, 0) is 58.3 Å². The van der Waals surface area contributed by atoms with Crippen molar-refractivity contribution in [3.8, 4) is 11.5 Å². The number of fused-ring (bicyclic) bond motifs is 1. The fourth-order valence-corrected chi connectivity index (χ4v) is 3.05. The molecule has 1 aliphatic heterocycles. The van der Waals surface area contributed by atoms with Gasteiger partial charge < -0.3 is 9.47 Å². The Labute approximate surface area is 143 Å². The SMILES string of the molecule is CC(=O)c1cc2c(c(Cl)c1OC(C)C)OC(C)(C)C=C2C(C)C. The van der Waals surface area contributed by atoms with E-state index >= 15 is 0 Å². The van der Waals surface area contributed by atoms with Crippen LogP contribution in [0.2, 0.25) is 5.02 Å². The molecule has 0 radical (unpaired) electrons. The molecule has 0 saturated heterocycles. The van der Waals surface area contributed by atoms with Gasteiger partial charge in [-0.25, -0.2) is 0 Å². The lowest BCUT2D eigenvalue weighted by Gasteiger charge is -2.34. The Morgan fingerprint density at radius 1 is 1.26 bits per heavy atom. The van der Waals surface area contributed by atoms with E-state index in [1.165, 1.54) is 6.92 Å². The normalized spacial score (nSPS) is 16.0. The van der Waals surface area contributed by atoms with Crippen LogP contribution < -0.4 is 9.47 Å². The van der Waals surface area contributed by atoms with Crippen LogP contribution in [0.3, 0.4) is 0 Å². The van der Waals surface area contributed by atoms with E-state index < -0.39 is 5.60 Å². The monoisotopic (exact) mass is 336 g/mol. The summed E-state index contributed by atoms with van der Waals surface area (Å²) in [5.41, 5.74) is 2.06. The van der Waals surface area contributed by atoms with E-state index in [0.29, 0.717) is 28.0 Å². The Bertz CT molecular complexity index is 670. The van der Waals surface area contributed by atoms with E-state index in [2.05, 4.69) is 19.9 Å². The predicted octanol–water partition coefficient (Wildman–Crippen LogP) is 5.54. The van der Waals surface area contributed by atoms with Gasteiger partial charge in [0, 0.05) is 5.56 Å². The topological polar surface area (TPSA) is 35.5 Å². The van der Waals surface area contributed by atoms with Crippen LogP contribution in [0.1, 0.15) is 64.4 Å². The lowest BCUT2D eigenvalue weighted by molar-refractivity contribution is 0.101. The molecule has 23 heavy (non-hydrogen) atoms. The minimum Gasteiger partial charge on any atom is -0.489 e. The highest BCUT2D eigenvalue weighted by Gasteiger charge is 2.33. The van der Waals surface area contributed by atoms with Crippen molar-refractivity contribution in [3.63, 3.8) is 0 Å². The number of Topliss-reactive ketones (excluding diaryl/α,β-unsaturated/α-hetero) is 1. The minimum atomic E-state index is -0.455. The zero-order chi connectivity index (χ0) is 17.5. The lowest BCUT2D eigenvalue weighted by Crippen LogP contribution is -2.30. The summed E-state index contributed by atoms with van der Waals surface area (Å²) < 4.78 is 11.9. The number of benzene rings is 1. The molecule has 0 aromatic heterocycles. The summed E-state index contributed by atoms with van der Waals surface area (Å²) in [6, 6.07) is 1.85. The maximum absolute atomic E-state index is 12.1. The van der Waals surface area contributed by atoms with Gasteiger partial charge in [0.15, 0.2) is 17.3 Å². The number of allylic oxidation sites excluding steroid dienone is 1. The first kappa shape index (κ1) is 17.9. The van der Waals surface area contributed by atoms with Crippen molar-refractivity contribution in [2.75, 3.05) is 0 Å². The van der Waals surface area contributed by atoms with Crippen molar-refractivity contribution < 1.29 is 14.3 Å². The average Bonchev–Trinajstić information content (AvgIpc) is 2.40. The molecular weight excluding hydrogens is 312 g/mol. The van der Waals surface area contributed by atoms with Gasteiger partial charge in [-0.15, -0.1) is 0 Å². The first-order valence-corrected chi connectivity index (χ1v) is 8.37. The maximum Gasteiger partial charge on any atom is 0.163 e. The fourth-order valence-electron chi connectivity index (χ4n) is 2.76. The van der Waals surface area contributed by atoms with Gasteiger partial charge in [-0.3, -0.25) is 4.79 Å². The molecule has 4 heteroatoms. The third-order valence-corrected chi connectivity index (χ3v) is 4.05. The van der Waals surface area contributed by atoms with Crippen molar-refractivity contribution >= 4 is 23.0 Å². The highest BCUT2D eigenvalue weighted by atomic mass is 35.5. The average molecular weight is 337 g/mol. The van der Waals surface area contributed by atoms with Crippen LogP contribution in [0.25, 0.3) is 5.57 Å². The summed E-state index contributed by atoms with van der Waals surface area (Å²) in [6.07, 6.45) is 2.02. The third-order valence-electron chi connectivity index (χ3n) is 3.71. The highest BCUT2D eigenvalue weighted by molar-refractivity contribution is 6.34. The van der Waals surface area contributed by atoms with Crippen LogP contribution in [0.15, 0.2) is 12.1 Å². The number of ketones is 1. The first-order chi connectivity index (χ1) is 10.5. The Hall–Kier alpha value is -1.48. The molecule has 0 fully saturated rings. The minimum absolute atomic E-state index is 0.0710. The maximum atomic E-state index is 12.1. The van der Waals surface area contributed by atoms with Gasteiger partial charge in [-0.2, -0.15) is 0 Å². The molecule has 0 amide bonds. The standard InChI is InChI=1S/C19H25ClO3/c1-10(2)15-9-19(6,7)23-18-14(15)8-13(12(5)21)17(16(18)20)22-11(3)4/h8-11H,1-7H3. The Kier molecular flexibility index (Phi) is 4.81. The zero-order valence-corrected chi connectivity index (χ0v) is 15.7. The second-order valence-corrected chi connectivity index (χ2v) is 7.50. The van der Waals surface area contributed by atoms with Crippen LogP contribution in [0, 0.1) is 5.92 Å². The van der Waals surface area contributed by atoms with Gasteiger partial charge in [0.05, 0.1) is 11.7 Å². The Morgan fingerprint density at radius 2 is 1.87 bits per heavy atom. The number of rotatable bonds is 4. The molecule has 2 rings (SSSR count). The molecule has 0 aliphatic carbocycles. The molecule has 0 atom stereocenters. The predicted molar refractivity (Wildman–Crippen MR) is 94.7 cm³/mol. The summed E-state index contributed by atoms with van der Waals surface area (Å²) in [5.74, 6) is 1.24. The summed E-state index contributed by atoms with van der Waals surface area (Å²) in [4.78, 5) is 12.1. The molecule has 126 valence electrons. The molecule has 3 nitrogen and oxygen atoms in total. The van der Waals surface area contributed by atoms with Crippen LogP contribution in [0.5, 0.6) is 11.5 Å². The van der Waals surface area contributed by atoms with E-state index in [1.807, 2.05) is 33.8 Å². The Morgan fingerprint density at radius 3 is 2.35 bits per heavy atom. The Balaban J connectivity index is 2.76. The fraction of sp³-hybridized carbons (Fsp3) is 0.526. The van der Waals surface area contributed by atoms with E-state index in [0.717, 1.165) is 11.1 Å². The third kappa shape index (κ3) is 3.55. The summed E-state index contributed by atoms with van der Waals surface area (Å²) >= 11 is 6.59. The van der Waals surface area contributed by atoms with Crippen LogP contribution in [0.4, 0.5) is 0 Å². The van der Waals surface area contributed by atoms with Crippen LogP contribution >= 0.6 is 11.6 Å². The van der Waals surface area contributed by atoms with Gasteiger partial charge in [0.2, 0.25) is 0 Å². The first-order valence-electron chi connectivity index (χ1n) is 7.99. The van der Waals surface area contributed by atoms with E-state index in [1.54, 1.807) is 0 Å². The summed E-state index contributed by atoms with van der Waals surface area (Å²) in [5, 5.41) is 0.376. The summed E-state index contributed by atoms with van der Waals surface area (Å²) in [6.45, 7) is 13.6. The number of carbonyl (C=O) groups excluding carboxylic acids is 1. The molecule has 0 unspecified atom stereocenters. The highest BCUT2D eigenvalue weighted by Crippen LogP contribution is 2.48. The molecule has 1 heterocycles. The van der Waals surface area contributed by atoms with E-state index in [9.17, 15) is 4.79 Å². The van der Waals surface area contributed by atoms with E-state index in [-0.39, 0.29) is 11.9 Å². The zero-order valence-electron chi connectivity index (χ0n) is 14.9. The van der Waals surface area contributed by atoms with Crippen molar-refractivity contribution in [1.29, 1.82) is 0 Å². The molecule has 1 aromatic rings. The quantitative estimate of drug-likeness (QED) is 0.677. The largest absolute Gasteiger partial charge is 0.489 e. The molecular formula is C19H25ClO3.